The normalized spacial score (nSPS) is 16.6. The van der Waals surface area contributed by atoms with Gasteiger partial charge in [0, 0.05) is 32.8 Å². The van der Waals surface area contributed by atoms with Gasteiger partial charge in [0.15, 0.2) is 0 Å². The molecule has 14 heteroatoms. The lowest BCUT2D eigenvalue weighted by atomic mass is 10.1. The van der Waals surface area contributed by atoms with Gasteiger partial charge in [0.25, 0.3) is 5.69 Å². The molecule has 1 aliphatic rings. The summed E-state index contributed by atoms with van der Waals surface area (Å²) < 4.78 is 37.0. The van der Waals surface area contributed by atoms with Crippen molar-refractivity contribution in [3.05, 3.63) is 64.2 Å². The van der Waals surface area contributed by atoms with Gasteiger partial charge in [-0.2, -0.15) is 4.31 Å². The van der Waals surface area contributed by atoms with Gasteiger partial charge in [0.05, 0.1) is 9.82 Å². The summed E-state index contributed by atoms with van der Waals surface area (Å²) in [5.74, 6) is -1.77. The third-order valence-corrected chi connectivity index (χ3v) is 7.51. The lowest BCUT2D eigenvalue weighted by molar-refractivity contribution is -0.384. The Morgan fingerprint density at radius 1 is 1.14 bits per heavy atom. The van der Waals surface area contributed by atoms with Gasteiger partial charge in [0.2, 0.25) is 10.0 Å². The van der Waals surface area contributed by atoms with Gasteiger partial charge in [-0.3, -0.25) is 10.1 Å². The summed E-state index contributed by atoms with van der Waals surface area (Å²) in [5, 5.41) is 10.8. The van der Waals surface area contributed by atoms with Crippen LogP contribution in [0.3, 0.4) is 0 Å². The van der Waals surface area contributed by atoms with Crippen LogP contribution in [0.25, 0.3) is 0 Å². The van der Waals surface area contributed by atoms with Crippen LogP contribution in [0.15, 0.2) is 53.4 Å². The Bertz CT molecular complexity index is 1280. The van der Waals surface area contributed by atoms with E-state index >= 15 is 0 Å². The number of benzene rings is 2. The number of non-ortho nitro benzene ring substituents is 1. The van der Waals surface area contributed by atoms with E-state index in [9.17, 15) is 32.9 Å². The lowest BCUT2D eigenvalue weighted by Crippen LogP contribution is -2.44. The molecule has 2 aromatic rings. The van der Waals surface area contributed by atoms with Crippen molar-refractivity contribution in [3.8, 4) is 5.75 Å². The summed E-state index contributed by atoms with van der Waals surface area (Å²) in [6.07, 6.45) is -0.0377. The average Bonchev–Trinajstić information content (AvgIpc) is 3.36. The Labute approximate surface area is 212 Å². The predicted octanol–water partition coefficient (Wildman–Crippen LogP) is 1.45. The molecule has 0 radical (unpaired) electrons. The van der Waals surface area contributed by atoms with Crippen LogP contribution in [0.4, 0.5) is 10.5 Å². The second kappa shape index (κ2) is 11.5. The zero-order valence-electron chi connectivity index (χ0n) is 20.1. The number of amides is 1. The van der Waals surface area contributed by atoms with E-state index in [1.165, 1.54) is 17.0 Å². The van der Waals surface area contributed by atoms with Gasteiger partial charge < -0.3 is 20.1 Å². The monoisotopic (exact) mass is 534 g/mol. The third-order valence-electron chi connectivity index (χ3n) is 5.58. The number of nitro groups is 1. The van der Waals surface area contributed by atoms with Crippen molar-refractivity contribution in [3.63, 3.8) is 0 Å². The summed E-state index contributed by atoms with van der Waals surface area (Å²) in [5.41, 5.74) is 6.24. The zero-order chi connectivity index (χ0) is 27.3. The fourth-order valence-corrected chi connectivity index (χ4v) is 5.25. The third kappa shape index (κ3) is 6.67. The quantitative estimate of drug-likeness (QED) is 0.225. The van der Waals surface area contributed by atoms with Crippen LogP contribution < -0.4 is 10.5 Å². The molecule has 2 N–H and O–H groups in total. The Morgan fingerprint density at radius 3 is 2.32 bits per heavy atom. The zero-order valence-corrected chi connectivity index (χ0v) is 20.9. The maximum absolute atomic E-state index is 13.0. The molecule has 0 unspecified atom stereocenters. The topological polar surface area (TPSA) is 179 Å². The van der Waals surface area contributed by atoms with E-state index < -0.39 is 45.1 Å². The van der Waals surface area contributed by atoms with Gasteiger partial charge in [-0.05, 0) is 49.1 Å². The van der Waals surface area contributed by atoms with Crippen LogP contribution in [-0.4, -0.2) is 73.3 Å². The van der Waals surface area contributed by atoms with Crippen molar-refractivity contribution in [1.29, 1.82) is 0 Å². The minimum Gasteiger partial charge on any atom is -0.410 e. The second-order valence-corrected chi connectivity index (χ2v) is 10.4. The molecule has 2 aromatic carbocycles. The Hall–Kier alpha value is -3.88. The number of nitrogens with two attached hydrogens (primary N) is 1. The highest BCUT2D eigenvalue weighted by atomic mass is 32.2. The van der Waals surface area contributed by atoms with E-state index in [0.717, 1.165) is 28.6 Å². The predicted molar refractivity (Wildman–Crippen MR) is 129 cm³/mol. The number of carbonyl (C=O) groups is 3. The van der Waals surface area contributed by atoms with Crippen molar-refractivity contribution in [2.24, 2.45) is 5.73 Å². The van der Waals surface area contributed by atoms with Crippen molar-refractivity contribution < 1.29 is 37.2 Å². The van der Waals surface area contributed by atoms with Crippen molar-refractivity contribution in [1.82, 2.24) is 9.21 Å². The molecule has 1 aliphatic heterocycles. The van der Waals surface area contributed by atoms with Crippen LogP contribution in [0, 0.1) is 10.1 Å². The number of carbonyl (C=O) groups excluding carboxylic acids is 3. The molecule has 13 nitrogen and oxygen atoms in total. The molecule has 3 rings (SSSR count). The number of hydrogen-bond donors (Lipinski definition) is 1. The number of hydrogen-bond acceptors (Lipinski definition) is 10. The molecule has 0 spiro atoms. The molecule has 2 atom stereocenters. The standard InChI is InChI=1S/C23H26N4O9S/c1-25(2)23(30)35-17-9-5-15(6-10-17)14-19(24)21(28)36-22(29)20-4-3-13-26(20)37(33,34)18-11-7-16(8-12-18)27(31)32/h5-12,19-20H,3-4,13-14,24H2,1-2H3/t19-,20+/m0/s1. The number of esters is 2. The molecular formula is C23H26N4O9S. The van der Waals surface area contributed by atoms with Crippen molar-refractivity contribution in [2.45, 2.75) is 36.2 Å². The van der Waals surface area contributed by atoms with Crippen LogP contribution in [-0.2, 0) is 30.8 Å². The average molecular weight is 535 g/mol. The SMILES string of the molecule is CN(C)C(=O)Oc1ccc(C[C@H](N)C(=O)OC(=O)[C@H]2CCCN2S(=O)(=O)c2ccc([N+](=O)[O-])cc2)cc1. The molecule has 0 bridgehead atoms. The van der Waals surface area contributed by atoms with Crippen LogP contribution in [0.1, 0.15) is 18.4 Å². The summed E-state index contributed by atoms with van der Waals surface area (Å²) in [7, 11) is -1.09. The number of rotatable bonds is 8. The summed E-state index contributed by atoms with van der Waals surface area (Å²) in [6, 6.07) is 8.09. The van der Waals surface area contributed by atoms with E-state index in [0.29, 0.717) is 17.7 Å². The van der Waals surface area contributed by atoms with Crippen molar-refractivity contribution >= 4 is 33.7 Å². The number of sulfonamides is 1. The molecule has 1 amide bonds. The van der Waals surface area contributed by atoms with Gasteiger partial charge >= 0.3 is 18.0 Å². The Morgan fingerprint density at radius 2 is 1.76 bits per heavy atom. The molecule has 0 aromatic heterocycles. The highest BCUT2D eigenvalue weighted by molar-refractivity contribution is 7.89. The molecule has 198 valence electrons. The maximum atomic E-state index is 13.0. The molecule has 37 heavy (non-hydrogen) atoms. The smallest absolute Gasteiger partial charge is 0.410 e. The largest absolute Gasteiger partial charge is 0.414 e. The van der Waals surface area contributed by atoms with E-state index in [1.807, 2.05) is 0 Å². The molecule has 0 saturated carbocycles. The minimum atomic E-state index is -4.17. The second-order valence-electron chi connectivity index (χ2n) is 8.48. The summed E-state index contributed by atoms with van der Waals surface area (Å²) in [6.45, 7) is 0.0179. The minimum absolute atomic E-state index is 0.0174. The first-order chi connectivity index (χ1) is 17.4. The van der Waals surface area contributed by atoms with Gasteiger partial charge in [0.1, 0.15) is 17.8 Å². The fraction of sp³-hybridized carbons (Fsp3) is 0.348. The number of ether oxygens (including phenoxy) is 2. The first-order valence-corrected chi connectivity index (χ1v) is 12.6. The van der Waals surface area contributed by atoms with Gasteiger partial charge in [-0.1, -0.05) is 12.1 Å². The van der Waals surface area contributed by atoms with Crippen LogP contribution in [0.2, 0.25) is 0 Å². The summed E-state index contributed by atoms with van der Waals surface area (Å²) >= 11 is 0. The van der Waals surface area contributed by atoms with Crippen LogP contribution >= 0.6 is 0 Å². The van der Waals surface area contributed by atoms with Crippen LogP contribution in [0.5, 0.6) is 5.75 Å². The van der Waals surface area contributed by atoms with E-state index in [2.05, 4.69) is 0 Å². The Kier molecular flexibility index (Phi) is 8.57. The highest BCUT2D eigenvalue weighted by Crippen LogP contribution is 2.28. The molecule has 0 aliphatic carbocycles. The fourth-order valence-electron chi connectivity index (χ4n) is 3.60. The number of nitro benzene ring substituents is 1. The van der Waals surface area contributed by atoms with Gasteiger partial charge in [-0.25, -0.2) is 22.8 Å². The van der Waals surface area contributed by atoms with E-state index in [4.69, 9.17) is 15.2 Å². The first kappa shape index (κ1) is 27.7. The molecular weight excluding hydrogens is 508 g/mol. The summed E-state index contributed by atoms with van der Waals surface area (Å²) in [4.78, 5) is 48.0. The highest BCUT2D eigenvalue weighted by Gasteiger charge is 2.41. The van der Waals surface area contributed by atoms with E-state index in [-0.39, 0.29) is 30.0 Å². The van der Waals surface area contributed by atoms with Crippen molar-refractivity contribution in [2.75, 3.05) is 20.6 Å². The maximum Gasteiger partial charge on any atom is 0.414 e. The molecule has 1 heterocycles. The first-order valence-electron chi connectivity index (χ1n) is 11.2. The lowest BCUT2D eigenvalue weighted by Gasteiger charge is -2.22. The molecule has 1 fully saturated rings. The number of nitrogens with zero attached hydrogens (tertiary/aromatic N) is 3. The van der Waals surface area contributed by atoms with E-state index in [1.54, 1.807) is 26.2 Å². The van der Waals surface area contributed by atoms with Gasteiger partial charge in [-0.15, -0.1) is 0 Å². The Balaban J connectivity index is 1.61. The molecule has 1 saturated heterocycles.